The second-order valence-electron chi connectivity index (χ2n) is 4.03. The highest BCUT2D eigenvalue weighted by molar-refractivity contribution is 5.74. The number of hydrogen-bond acceptors (Lipinski definition) is 5. The van der Waals surface area contributed by atoms with Crippen LogP contribution in [0.5, 0.6) is 0 Å². The van der Waals surface area contributed by atoms with E-state index in [-0.39, 0.29) is 5.82 Å². The van der Waals surface area contributed by atoms with Crippen LogP contribution in [0.3, 0.4) is 0 Å². The van der Waals surface area contributed by atoms with Crippen LogP contribution in [0.2, 0.25) is 0 Å². The van der Waals surface area contributed by atoms with Gasteiger partial charge in [-0.2, -0.15) is 5.06 Å². The van der Waals surface area contributed by atoms with Crippen LogP contribution >= 0.6 is 0 Å². The summed E-state index contributed by atoms with van der Waals surface area (Å²) in [6, 6.07) is 9.64. The van der Waals surface area contributed by atoms with Gasteiger partial charge in [-0.1, -0.05) is 6.07 Å². The summed E-state index contributed by atoms with van der Waals surface area (Å²) < 4.78 is 13.3. The van der Waals surface area contributed by atoms with Gasteiger partial charge in [0, 0.05) is 12.3 Å². The molecule has 100 valence electrons. The molecule has 0 spiro atoms. The van der Waals surface area contributed by atoms with Gasteiger partial charge in [0.1, 0.15) is 11.3 Å². The monoisotopic (exact) mass is 270 g/mol. The van der Waals surface area contributed by atoms with Crippen molar-refractivity contribution >= 4 is 22.7 Å². The smallest absolute Gasteiger partial charge is 0.255 e. The minimum absolute atomic E-state index is 0.318. The Kier molecular flexibility index (Phi) is 3.22. The number of benzene rings is 1. The van der Waals surface area contributed by atoms with E-state index in [0.717, 1.165) is 0 Å². The van der Waals surface area contributed by atoms with Crippen molar-refractivity contribution in [2.75, 3.05) is 12.2 Å². The van der Waals surface area contributed by atoms with E-state index in [4.69, 9.17) is 4.84 Å². The van der Waals surface area contributed by atoms with Crippen LogP contribution in [-0.2, 0) is 4.84 Å². The molecule has 0 fully saturated rings. The summed E-state index contributed by atoms with van der Waals surface area (Å²) in [6.07, 6.45) is 3.27. The van der Waals surface area contributed by atoms with Gasteiger partial charge >= 0.3 is 0 Å². The molecule has 2 heterocycles. The summed E-state index contributed by atoms with van der Waals surface area (Å²) >= 11 is 0. The van der Waals surface area contributed by atoms with E-state index in [1.807, 2.05) is 6.07 Å². The molecule has 5 nitrogen and oxygen atoms in total. The zero-order valence-electron chi connectivity index (χ0n) is 10.7. The normalized spacial score (nSPS) is 10.7. The lowest BCUT2D eigenvalue weighted by molar-refractivity contribution is 0.197. The molecule has 0 saturated carbocycles. The molecular weight excluding hydrogens is 259 g/mol. The molecule has 0 bridgehead atoms. The SMILES string of the molecule is CON(c1cccc(F)c1)c1ncc2ncccc2n1. The summed E-state index contributed by atoms with van der Waals surface area (Å²) in [5.41, 5.74) is 1.89. The number of anilines is 2. The van der Waals surface area contributed by atoms with Crippen molar-refractivity contribution in [2.24, 2.45) is 0 Å². The summed E-state index contributed by atoms with van der Waals surface area (Å²) in [4.78, 5) is 17.9. The van der Waals surface area contributed by atoms with Crippen molar-refractivity contribution in [3.63, 3.8) is 0 Å². The summed E-state index contributed by atoms with van der Waals surface area (Å²) in [5, 5.41) is 1.36. The molecule has 6 heteroatoms. The first kappa shape index (κ1) is 12.4. The molecule has 2 aromatic heterocycles. The van der Waals surface area contributed by atoms with Gasteiger partial charge in [-0.15, -0.1) is 0 Å². The van der Waals surface area contributed by atoms with Crippen LogP contribution in [0.1, 0.15) is 0 Å². The van der Waals surface area contributed by atoms with Gasteiger partial charge < -0.3 is 0 Å². The molecule has 0 N–H and O–H groups in total. The number of nitrogens with zero attached hydrogens (tertiary/aromatic N) is 4. The zero-order valence-corrected chi connectivity index (χ0v) is 10.7. The Balaban J connectivity index is 2.07. The Bertz CT molecular complexity index is 750. The van der Waals surface area contributed by atoms with E-state index in [9.17, 15) is 4.39 Å². The van der Waals surface area contributed by atoms with Gasteiger partial charge in [0.25, 0.3) is 5.95 Å². The molecule has 0 aliphatic heterocycles. The highest BCUT2D eigenvalue weighted by atomic mass is 19.1. The molecule has 0 unspecified atom stereocenters. The van der Waals surface area contributed by atoms with E-state index >= 15 is 0 Å². The third-order valence-electron chi connectivity index (χ3n) is 2.75. The maximum absolute atomic E-state index is 13.3. The fourth-order valence-electron chi connectivity index (χ4n) is 1.86. The number of fused-ring (bicyclic) bond motifs is 1. The second-order valence-corrected chi connectivity index (χ2v) is 4.03. The number of pyridine rings is 1. The average Bonchev–Trinajstić information content (AvgIpc) is 2.48. The van der Waals surface area contributed by atoms with Gasteiger partial charge in [-0.25, -0.2) is 14.4 Å². The highest BCUT2D eigenvalue weighted by Crippen LogP contribution is 2.23. The van der Waals surface area contributed by atoms with Crippen molar-refractivity contribution in [1.29, 1.82) is 0 Å². The zero-order chi connectivity index (χ0) is 13.9. The Labute approximate surface area is 114 Å². The lowest BCUT2D eigenvalue weighted by Crippen LogP contribution is -2.18. The number of hydrogen-bond donors (Lipinski definition) is 0. The quantitative estimate of drug-likeness (QED) is 0.685. The molecule has 3 rings (SSSR count). The molecule has 0 aliphatic rings. The molecule has 0 atom stereocenters. The van der Waals surface area contributed by atoms with E-state index in [2.05, 4.69) is 15.0 Å². The maximum atomic E-state index is 13.3. The molecule has 3 aromatic rings. The summed E-state index contributed by atoms with van der Waals surface area (Å²) in [6.45, 7) is 0. The van der Waals surface area contributed by atoms with Crippen molar-refractivity contribution in [3.05, 3.63) is 54.6 Å². The fraction of sp³-hybridized carbons (Fsp3) is 0.0714. The first-order valence-electron chi connectivity index (χ1n) is 5.95. The third kappa shape index (κ3) is 2.28. The Morgan fingerprint density at radius 2 is 2.00 bits per heavy atom. The number of rotatable bonds is 3. The molecule has 0 amide bonds. The van der Waals surface area contributed by atoms with Gasteiger partial charge in [0.15, 0.2) is 0 Å². The van der Waals surface area contributed by atoms with Crippen molar-refractivity contribution < 1.29 is 9.23 Å². The molecular formula is C14H11FN4O. The molecule has 0 saturated heterocycles. The highest BCUT2D eigenvalue weighted by Gasteiger charge is 2.13. The van der Waals surface area contributed by atoms with Gasteiger partial charge in [0.2, 0.25) is 0 Å². The molecule has 0 aliphatic carbocycles. The molecule has 0 radical (unpaired) electrons. The Morgan fingerprint density at radius 3 is 2.80 bits per heavy atom. The first-order valence-corrected chi connectivity index (χ1v) is 5.95. The Morgan fingerprint density at radius 1 is 1.10 bits per heavy atom. The first-order chi connectivity index (χ1) is 9.78. The van der Waals surface area contributed by atoms with E-state index in [0.29, 0.717) is 22.7 Å². The standard InChI is InChI=1S/C14H11FN4O/c1-20-19(11-5-2-4-10(15)8-11)14-17-9-13-12(18-14)6-3-7-16-13/h2-9H,1H3. The van der Waals surface area contributed by atoms with Crippen LogP contribution < -0.4 is 5.06 Å². The minimum Gasteiger partial charge on any atom is -0.269 e. The largest absolute Gasteiger partial charge is 0.269 e. The van der Waals surface area contributed by atoms with Crippen LogP contribution in [-0.4, -0.2) is 22.1 Å². The summed E-state index contributed by atoms with van der Waals surface area (Å²) in [7, 11) is 1.47. The lowest BCUT2D eigenvalue weighted by Gasteiger charge is -2.19. The fourth-order valence-corrected chi connectivity index (χ4v) is 1.86. The Hall–Kier alpha value is -2.60. The van der Waals surface area contributed by atoms with E-state index in [1.165, 1.54) is 24.3 Å². The van der Waals surface area contributed by atoms with Crippen molar-refractivity contribution in [2.45, 2.75) is 0 Å². The van der Waals surface area contributed by atoms with E-state index in [1.54, 1.807) is 30.6 Å². The van der Waals surface area contributed by atoms with Crippen molar-refractivity contribution in [1.82, 2.24) is 15.0 Å². The van der Waals surface area contributed by atoms with Crippen LogP contribution in [0.25, 0.3) is 11.0 Å². The van der Waals surface area contributed by atoms with Gasteiger partial charge in [0.05, 0.1) is 24.5 Å². The topological polar surface area (TPSA) is 51.1 Å². The van der Waals surface area contributed by atoms with Gasteiger partial charge in [-0.3, -0.25) is 9.82 Å². The number of halogens is 1. The summed E-state index contributed by atoms with van der Waals surface area (Å²) in [5.74, 6) is -0.0365. The predicted octanol–water partition coefficient (Wildman–Crippen LogP) is 2.86. The molecule has 1 aromatic carbocycles. The minimum atomic E-state index is -0.355. The number of aromatic nitrogens is 3. The second kappa shape index (κ2) is 5.18. The van der Waals surface area contributed by atoms with Gasteiger partial charge in [-0.05, 0) is 24.3 Å². The predicted molar refractivity (Wildman–Crippen MR) is 72.9 cm³/mol. The average molecular weight is 270 g/mol. The van der Waals surface area contributed by atoms with Crippen LogP contribution in [0.15, 0.2) is 48.8 Å². The lowest BCUT2D eigenvalue weighted by atomic mass is 10.3. The third-order valence-corrected chi connectivity index (χ3v) is 2.75. The van der Waals surface area contributed by atoms with E-state index < -0.39 is 0 Å². The van der Waals surface area contributed by atoms with Crippen molar-refractivity contribution in [3.8, 4) is 0 Å². The maximum Gasteiger partial charge on any atom is 0.255 e. The van der Waals surface area contributed by atoms with Crippen LogP contribution in [0.4, 0.5) is 16.0 Å². The van der Waals surface area contributed by atoms with Crippen LogP contribution in [0, 0.1) is 5.82 Å². The molecule has 20 heavy (non-hydrogen) atoms.